The molecule has 0 aliphatic carbocycles. The summed E-state index contributed by atoms with van der Waals surface area (Å²) in [6.07, 6.45) is 2.45. The van der Waals surface area contributed by atoms with Crippen LogP contribution in [0.5, 0.6) is 11.5 Å². The van der Waals surface area contributed by atoms with E-state index < -0.39 is 5.97 Å². The second kappa shape index (κ2) is 5.42. The number of carboxylic acid groups (broad SMARTS) is 1. The van der Waals surface area contributed by atoms with Crippen LogP contribution >= 0.6 is 11.6 Å². The SMILES string of the molecule is COc1cc(C=CC(=O)O)cc(Cl)c1OC. The summed E-state index contributed by atoms with van der Waals surface area (Å²) in [7, 11) is 2.97. The molecule has 0 spiro atoms. The number of rotatable bonds is 4. The quantitative estimate of drug-likeness (QED) is 0.824. The Hall–Kier alpha value is -1.68. The average Bonchev–Trinajstić information content (AvgIpc) is 2.25. The molecule has 0 amide bonds. The van der Waals surface area contributed by atoms with E-state index in [2.05, 4.69) is 0 Å². The fraction of sp³-hybridized carbons (Fsp3) is 0.182. The first kappa shape index (κ1) is 12.4. The van der Waals surface area contributed by atoms with E-state index in [-0.39, 0.29) is 0 Å². The molecule has 1 rings (SSSR count). The Labute approximate surface area is 98.1 Å². The molecule has 0 aliphatic heterocycles. The summed E-state index contributed by atoms with van der Waals surface area (Å²) >= 11 is 5.94. The third kappa shape index (κ3) is 2.90. The van der Waals surface area contributed by atoms with Crippen LogP contribution in [0.15, 0.2) is 18.2 Å². The monoisotopic (exact) mass is 242 g/mol. The van der Waals surface area contributed by atoms with E-state index in [0.717, 1.165) is 6.08 Å². The van der Waals surface area contributed by atoms with E-state index in [9.17, 15) is 4.79 Å². The minimum absolute atomic E-state index is 0.367. The minimum atomic E-state index is -1.02. The van der Waals surface area contributed by atoms with Gasteiger partial charge in [0.05, 0.1) is 19.2 Å². The third-order valence-corrected chi connectivity index (χ3v) is 2.16. The van der Waals surface area contributed by atoms with Gasteiger partial charge in [0.15, 0.2) is 11.5 Å². The van der Waals surface area contributed by atoms with Crippen molar-refractivity contribution < 1.29 is 19.4 Å². The largest absolute Gasteiger partial charge is 0.493 e. The second-order valence-electron chi connectivity index (χ2n) is 2.91. The molecular weight excluding hydrogens is 232 g/mol. The molecule has 0 aromatic heterocycles. The number of hydrogen-bond donors (Lipinski definition) is 1. The number of benzene rings is 1. The molecule has 4 nitrogen and oxygen atoms in total. The van der Waals surface area contributed by atoms with Gasteiger partial charge in [0.1, 0.15) is 0 Å². The number of hydrogen-bond acceptors (Lipinski definition) is 3. The van der Waals surface area contributed by atoms with E-state index in [0.29, 0.717) is 22.1 Å². The van der Waals surface area contributed by atoms with Crippen molar-refractivity contribution >= 4 is 23.6 Å². The van der Waals surface area contributed by atoms with Gasteiger partial charge in [-0.25, -0.2) is 4.79 Å². The lowest BCUT2D eigenvalue weighted by atomic mass is 10.2. The predicted molar refractivity (Wildman–Crippen MR) is 61.2 cm³/mol. The first-order valence-corrected chi connectivity index (χ1v) is 4.78. The number of carboxylic acids is 1. The average molecular weight is 243 g/mol. The summed E-state index contributed by atoms with van der Waals surface area (Å²) in [5, 5.41) is 8.86. The number of halogens is 1. The van der Waals surface area contributed by atoms with Gasteiger partial charge < -0.3 is 14.6 Å². The molecule has 5 heteroatoms. The van der Waals surface area contributed by atoms with Gasteiger partial charge in [-0.15, -0.1) is 0 Å². The summed E-state index contributed by atoms with van der Waals surface area (Å²) < 4.78 is 10.1. The molecule has 0 fully saturated rings. The lowest BCUT2D eigenvalue weighted by Gasteiger charge is -2.09. The summed E-state index contributed by atoms with van der Waals surface area (Å²) in [5.41, 5.74) is 0.630. The van der Waals surface area contributed by atoms with Gasteiger partial charge in [0.2, 0.25) is 0 Å². The molecule has 86 valence electrons. The van der Waals surface area contributed by atoms with Crippen LogP contribution in [-0.2, 0) is 4.79 Å². The van der Waals surface area contributed by atoms with Gasteiger partial charge in [0, 0.05) is 6.08 Å². The highest BCUT2D eigenvalue weighted by atomic mass is 35.5. The normalized spacial score (nSPS) is 10.4. The zero-order valence-electron chi connectivity index (χ0n) is 8.86. The van der Waals surface area contributed by atoms with Crippen LogP contribution in [0.3, 0.4) is 0 Å². The summed E-state index contributed by atoms with van der Waals surface area (Å²) in [5.74, 6) is -0.136. The smallest absolute Gasteiger partial charge is 0.328 e. The highest BCUT2D eigenvalue weighted by Gasteiger charge is 2.09. The van der Waals surface area contributed by atoms with Crippen molar-refractivity contribution in [1.82, 2.24) is 0 Å². The van der Waals surface area contributed by atoms with Crippen molar-refractivity contribution in [3.8, 4) is 11.5 Å². The molecule has 1 aromatic rings. The molecule has 0 unspecified atom stereocenters. The van der Waals surface area contributed by atoms with Crippen LogP contribution in [-0.4, -0.2) is 25.3 Å². The molecule has 1 N–H and O–H groups in total. The number of carbonyl (C=O) groups is 1. The van der Waals surface area contributed by atoms with Crippen LogP contribution in [0.25, 0.3) is 6.08 Å². The summed E-state index contributed by atoms with van der Waals surface area (Å²) in [4.78, 5) is 10.4. The maximum atomic E-state index is 10.4. The number of methoxy groups -OCH3 is 2. The molecule has 0 saturated carbocycles. The van der Waals surface area contributed by atoms with Crippen LogP contribution in [0.2, 0.25) is 5.02 Å². The Kier molecular flexibility index (Phi) is 4.19. The molecule has 0 heterocycles. The zero-order valence-corrected chi connectivity index (χ0v) is 9.62. The molecule has 0 saturated heterocycles. The first-order valence-electron chi connectivity index (χ1n) is 4.41. The molecule has 0 radical (unpaired) electrons. The Balaban J connectivity index is 3.15. The van der Waals surface area contributed by atoms with Gasteiger partial charge >= 0.3 is 5.97 Å². The van der Waals surface area contributed by atoms with Crippen molar-refractivity contribution in [3.63, 3.8) is 0 Å². The van der Waals surface area contributed by atoms with E-state index >= 15 is 0 Å². The molecule has 0 aliphatic rings. The Morgan fingerprint density at radius 2 is 2.06 bits per heavy atom. The van der Waals surface area contributed by atoms with Crippen molar-refractivity contribution in [1.29, 1.82) is 0 Å². The van der Waals surface area contributed by atoms with Crippen molar-refractivity contribution in [2.45, 2.75) is 0 Å². The number of ether oxygens (including phenoxy) is 2. The molecule has 1 aromatic carbocycles. The highest BCUT2D eigenvalue weighted by Crippen LogP contribution is 2.36. The van der Waals surface area contributed by atoms with Crippen molar-refractivity contribution in [2.75, 3.05) is 14.2 Å². The maximum absolute atomic E-state index is 10.4. The van der Waals surface area contributed by atoms with Gasteiger partial charge in [0.25, 0.3) is 0 Å². The van der Waals surface area contributed by atoms with Crippen LogP contribution < -0.4 is 9.47 Å². The summed E-state index contributed by atoms with van der Waals surface area (Å²) in [6.45, 7) is 0. The van der Waals surface area contributed by atoms with Crippen molar-refractivity contribution in [3.05, 3.63) is 28.8 Å². The van der Waals surface area contributed by atoms with Gasteiger partial charge in [-0.3, -0.25) is 0 Å². The minimum Gasteiger partial charge on any atom is -0.493 e. The molecule has 0 bridgehead atoms. The molecular formula is C11H11ClO4. The van der Waals surface area contributed by atoms with E-state index in [1.807, 2.05) is 0 Å². The summed E-state index contributed by atoms with van der Waals surface area (Å²) in [6, 6.07) is 3.24. The van der Waals surface area contributed by atoms with Crippen LogP contribution in [0.1, 0.15) is 5.56 Å². The zero-order chi connectivity index (χ0) is 12.1. The van der Waals surface area contributed by atoms with Gasteiger partial charge in [-0.05, 0) is 23.8 Å². The predicted octanol–water partition coefficient (Wildman–Crippen LogP) is 2.46. The standard InChI is InChI=1S/C11H11ClO4/c1-15-9-6-7(3-4-10(13)14)5-8(12)11(9)16-2/h3-6H,1-2H3,(H,13,14). The lowest BCUT2D eigenvalue weighted by Crippen LogP contribution is -1.92. The Bertz CT molecular complexity index is 426. The second-order valence-corrected chi connectivity index (χ2v) is 3.32. The highest BCUT2D eigenvalue weighted by molar-refractivity contribution is 6.32. The Morgan fingerprint density at radius 3 is 2.56 bits per heavy atom. The van der Waals surface area contributed by atoms with E-state index in [1.54, 1.807) is 12.1 Å². The van der Waals surface area contributed by atoms with Crippen molar-refractivity contribution in [2.24, 2.45) is 0 Å². The maximum Gasteiger partial charge on any atom is 0.328 e. The van der Waals surface area contributed by atoms with E-state index in [1.165, 1.54) is 20.3 Å². The molecule has 16 heavy (non-hydrogen) atoms. The van der Waals surface area contributed by atoms with Crippen LogP contribution in [0.4, 0.5) is 0 Å². The third-order valence-electron chi connectivity index (χ3n) is 1.87. The topological polar surface area (TPSA) is 55.8 Å². The first-order chi connectivity index (χ1) is 7.58. The molecule has 0 atom stereocenters. The fourth-order valence-electron chi connectivity index (χ4n) is 1.20. The van der Waals surface area contributed by atoms with Crippen LogP contribution in [0, 0.1) is 0 Å². The van der Waals surface area contributed by atoms with E-state index in [4.69, 9.17) is 26.2 Å². The fourth-order valence-corrected chi connectivity index (χ4v) is 1.50. The lowest BCUT2D eigenvalue weighted by molar-refractivity contribution is -0.131. The van der Waals surface area contributed by atoms with Gasteiger partial charge in [-0.2, -0.15) is 0 Å². The van der Waals surface area contributed by atoms with Gasteiger partial charge in [-0.1, -0.05) is 11.6 Å². The Morgan fingerprint density at radius 1 is 1.38 bits per heavy atom. The number of aliphatic carboxylic acids is 1.